The molecule has 0 saturated heterocycles. The average molecular weight is 342 g/mol. The van der Waals surface area contributed by atoms with E-state index in [1.165, 1.54) is 24.3 Å². The third-order valence-corrected chi connectivity index (χ3v) is 4.59. The Kier molecular flexibility index (Phi) is 9.59. The summed E-state index contributed by atoms with van der Waals surface area (Å²) < 4.78 is 36.9. The van der Waals surface area contributed by atoms with Gasteiger partial charge < -0.3 is 23.4 Å². The Morgan fingerprint density at radius 3 is 1.35 bits per heavy atom. The second-order valence-corrected chi connectivity index (χ2v) is 6.59. The summed E-state index contributed by atoms with van der Waals surface area (Å²) in [5.41, 5.74) is 0. The van der Waals surface area contributed by atoms with Crippen LogP contribution in [0.5, 0.6) is 11.5 Å². The van der Waals surface area contributed by atoms with E-state index in [2.05, 4.69) is 4.31 Å². The number of phosphoric ester groups is 1. The van der Waals surface area contributed by atoms with Crippen molar-refractivity contribution < 1.29 is 70.0 Å². The molecule has 2 aromatic rings. The van der Waals surface area contributed by atoms with Crippen molar-refractivity contribution in [2.75, 3.05) is 0 Å². The fourth-order valence-electron chi connectivity index (χ4n) is 1.40. The van der Waals surface area contributed by atoms with E-state index in [0.717, 1.165) is 0 Å². The van der Waals surface area contributed by atoms with E-state index in [1.54, 1.807) is 36.4 Å². The minimum Gasteiger partial charge on any atom is -0.789 e. The number of hydrogen-bond acceptors (Lipinski definition) is 7. The quantitative estimate of drug-likeness (QED) is 0.390. The summed E-state index contributed by atoms with van der Waals surface area (Å²) in [6.45, 7) is 0. The molecule has 0 aromatic heterocycles. The van der Waals surface area contributed by atoms with Gasteiger partial charge in [-0.1, -0.05) is 36.4 Å². The smallest absolute Gasteiger partial charge is 0.789 e. The zero-order valence-corrected chi connectivity index (χ0v) is 14.3. The Hall–Kier alpha value is -0.425. The molecule has 0 fully saturated rings. The number of para-hydroxylation sites is 2. The van der Waals surface area contributed by atoms with Crippen LogP contribution >= 0.6 is 15.6 Å². The molecule has 0 bridgehead atoms. The van der Waals surface area contributed by atoms with E-state index in [9.17, 15) is 18.9 Å². The van der Waals surface area contributed by atoms with Crippen LogP contribution in [-0.2, 0) is 13.4 Å². The molecule has 0 spiro atoms. The summed E-state index contributed by atoms with van der Waals surface area (Å²) >= 11 is 0. The van der Waals surface area contributed by atoms with Gasteiger partial charge in [0.2, 0.25) is 0 Å². The first-order chi connectivity index (χ1) is 9.86. The van der Waals surface area contributed by atoms with Gasteiger partial charge in [-0.25, -0.2) is 8.88 Å². The molecule has 11 heteroatoms. The van der Waals surface area contributed by atoms with Crippen molar-refractivity contribution in [3.05, 3.63) is 60.7 Å². The first-order valence-corrected chi connectivity index (χ1v) is 8.61. The Labute approximate surface area is 157 Å². The van der Waals surface area contributed by atoms with Crippen LogP contribution in [0.4, 0.5) is 0 Å². The number of benzene rings is 2. The maximum atomic E-state index is 12.3. The van der Waals surface area contributed by atoms with Crippen molar-refractivity contribution >= 4 is 15.6 Å². The Morgan fingerprint density at radius 2 is 1.04 bits per heavy atom. The van der Waals surface area contributed by atoms with E-state index in [0.29, 0.717) is 0 Å². The fraction of sp³-hybridized carbons (Fsp3) is 0. The zero-order chi connectivity index (χ0) is 15.3. The molecule has 0 saturated carbocycles. The van der Waals surface area contributed by atoms with Crippen LogP contribution in [-0.4, -0.2) is 0 Å². The van der Waals surface area contributed by atoms with E-state index >= 15 is 0 Å². The van der Waals surface area contributed by atoms with E-state index in [-0.39, 0.29) is 49.2 Å². The summed E-state index contributed by atoms with van der Waals surface area (Å²) in [5, 5.41) is 0. The van der Waals surface area contributed by atoms with Gasteiger partial charge in [-0.3, -0.25) is 0 Å². The molecule has 0 aliphatic carbocycles. The molecule has 23 heavy (non-hydrogen) atoms. The van der Waals surface area contributed by atoms with Crippen LogP contribution in [0, 0.1) is 0 Å². The van der Waals surface area contributed by atoms with Crippen LogP contribution in [0.2, 0.25) is 0 Å². The van der Waals surface area contributed by atoms with Crippen molar-refractivity contribution in [3.8, 4) is 11.5 Å². The normalized spacial score (nSPS) is 10.9. The fourth-order valence-corrected chi connectivity index (χ4v) is 3.44. The summed E-state index contributed by atoms with van der Waals surface area (Å²) in [4.78, 5) is 21.5. The Bertz CT molecular complexity index is 633. The molecule has 2 aromatic carbocycles. The van der Waals surface area contributed by atoms with Crippen molar-refractivity contribution in [2.45, 2.75) is 0 Å². The van der Waals surface area contributed by atoms with Gasteiger partial charge in [0.1, 0.15) is 11.5 Å². The summed E-state index contributed by atoms with van der Waals surface area (Å²) in [7, 11) is -10.2. The molecular weight excluding hydrogens is 332 g/mol. The van der Waals surface area contributed by atoms with Crippen molar-refractivity contribution in [2.24, 2.45) is 0 Å². The van der Waals surface area contributed by atoms with Crippen LogP contribution in [0.15, 0.2) is 60.7 Å². The van der Waals surface area contributed by atoms with E-state index < -0.39 is 15.6 Å². The zero-order valence-electron chi connectivity index (χ0n) is 12.5. The van der Waals surface area contributed by atoms with Gasteiger partial charge >= 0.3 is 45.5 Å². The van der Waals surface area contributed by atoms with Gasteiger partial charge in [0.15, 0.2) is 0 Å². The molecule has 0 N–H and O–H groups in total. The molecule has 0 aliphatic rings. The van der Waals surface area contributed by atoms with Gasteiger partial charge in [-0.2, -0.15) is 0 Å². The predicted octanol–water partition coefficient (Wildman–Crippen LogP) is -3.89. The first-order valence-electron chi connectivity index (χ1n) is 5.69. The van der Waals surface area contributed by atoms with Crippen LogP contribution in [0.3, 0.4) is 0 Å². The first kappa shape index (κ1) is 22.6. The van der Waals surface area contributed by atoms with E-state index in [1.807, 2.05) is 0 Å². The molecular formula is C12H10Li2O7P2. The van der Waals surface area contributed by atoms with Crippen molar-refractivity contribution in [1.29, 1.82) is 0 Å². The summed E-state index contributed by atoms with van der Waals surface area (Å²) in [6, 6.07) is 15.2. The largest absolute Gasteiger partial charge is 1.00 e. The Morgan fingerprint density at radius 1 is 0.696 bits per heavy atom. The number of rotatable bonds is 6. The molecule has 0 heterocycles. The molecule has 0 radical (unpaired) electrons. The average Bonchev–Trinajstić information content (AvgIpc) is 2.38. The van der Waals surface area contributed by atoms with Crippen molar-refractivity contribution in [1.82, 2.24) is 0 Å². The third-order valence-electron chi connectivity index (χ3n) is 2.12. The molecule has 0 amide bonds. The molecule has 7 nitrogen and oxygen atoms in total. The SMILES string of the molecule is O=P([O-])([O-])OP(=O)(Oc1ccccc1)Oc1ccccc1.[Li+].[Li+]. The second kappa shape index (κ2) is 9.77. The molecule has 0 unspecified atom stereocenters. The maximum Gasteiger partial charge on any atom is 1.00 e. The van der Waals surface area contributed by atoms with Gasteiger partial charge in [-0.15, -0.1) is 0 Å². The molecule has 0 aliphatic heterocycles. The minimum absolute atomic E-state index is 0. The van der Waals surface area contributed by atoms with Gasteiger partial charge in [-0.05, 0) is 24.3 Å². The second-order valence-electron chi connectivity index (χ2n) is 3.78. The molecule has 2 rings (SSSR count). The third kappa shape index (κ3) is 8.29. The Balaban J connectivity index is 0.00000242. The van der Waals surface area contributed by atoms with Crippen LogP contribution in [0.1, 0.15) is 0 Å². The summed E-state index contributed by atoms with van der Waals surface area (Å²) in [6.07, 6.45) is 0. The van der Waals surface area contributed by atoms with Gasteiger partial charge in [0.25, 0.3) is 0 Å². The van der Waals surface area contributed by atoms with Crippen LogP contribution in [0.25, 0.3) is 0 Å². The number of phosphoric acid groups is 2. The molecule has 0 atom stereocenters. The summed E-state index contributed by atoms with van der Waals surface area (Å²) in [5.74, 6) is 0.0652. The van der Waals surface area contributed by atoms with Crippen molar-refractivity contribution in [3.63, 3.8) is 0 Å². The minimum atomic E-state index is -5.57. The van der Waals surface area contributed by atoms with Gasteiger partial charge in [0.05, 0.1) is 7.82 Å². The molecule has 112 valence electrons. The van der Waals surface area contributed by atoms with Crippen LogP contribution < -0.4 is 56.6 Å². The monoisotopic (exact) mass is 342 g/mol. The van der Waals surface area contributed by atoms with E-state index in [4.69, 9.17) is 9.05 Å². The number of hydrogen-bond donors (Lipinski definition) is 0. The van der Waals surface area contributed by atoms with Gasteiger partial charge in [0, 0.05) is 0 Å². The topological polar surface area (TPSA) is 108 Å². The predicted molar refractivity (Wildman–Crippen MR) is 70.4 cm³/mol. The maximum absolute atomic E-state index is 12.3. The standard InChI is InChI=1S/C12H12O7P2.2Li/c13-20(14,15)19-21(16,17-11-7-3-1-4-8-11)18-12-9-5-2-6-10-12;;/h1-10H,(H2,13,14,15);;/q;2*+1/p-2.